The van der Waals surface area contributed by atoms with Gasteiger partial charge in [0.2, 0.25) is 0 Å². The molecule has 0 atom stereocenters. The number of hydrogen-bond acceptors (Lipinski definition) is 3. The Morgan fingerprint density at radius 1 is 1.10 bits per heavy atom. The molecule has 0 saturated heterocycles. The molecule has 3 rings (SSSR count). The number of rotatable bonds is 7. The van der Waals surface area contributed by atoms with Gasteiger partial charge >= 0.3 is 0 Å². The van der Waals surface area contributed by atoms with E-state index in [0.29, 0.717) is 6.61 Å². The zero-order valence-electron chi connectivity index (χ0n) is 11.6. The van der Waals surface area contributed by atoms with Crippen molar-refractivity contribution < 1.29 is 4.74 Å². The molecule has 3 nitrogen and oxygen atoms in total. The highest BCUT2D eigenvalue weighted by atomic mass is 16.5. The molecule has 1 aromatic heterocycles. The third-order valence-electron chi connectivity index (χ3n) is 3.45. The van der Waals surface area contributed by atoms with Gasteiger partial charge in [-0.1, -0.05) is 30.3 Å². The number of nitrogens with zero attached hydrogens (tertiary/aromatic N) is 1. The number of ether oxygens (including phenoxy) is 1. The van der Waals surface area contributed by atoms with Crippen molar-refractivity contribution in [1.82, 2.24) is 10.3 Å². The normalized spacial score (nSPS) is 14.2. The number of aromatic nitrogens is 1. The molecule has 20 heavy (non-hydrogen) atoms. The molecule has 2 aromatic rings. The van der Waals surface area contributed by atoms with E-state index in [4.69, 9.17) is 4.74 Å². The first-order valence-electron chi connectivity index (χ1n) is 7.25. The van der Waals surface area contributed by atoms with Crippen molar-refractivity contribution in [1.29, 1.82) is 0 Å². The lowest BCUT2D eigenvalue weighted by atomic mass is 10.2. The Balaban J connectivity index is 1.43. The number of benzene rings is 1. The molecule has 1 aliphatic carbocycles. The first-order chi connectivity index (χ1) is 9.90. The maximum atomic E-state index is 5.72. The molecule has 1 heterocycles. The first-order valence-corrected chi connectivity index (χ1v) is 7.25. The van der Waals surface area contributed by atoms with E-state index >= 15 is 0 Å². The van der Waals surface area contributed by atoms with Gasteiger partial charge in [0.1, 0.15) is 5.75 Å². The van der Waals surface area contributed by atoms with Crippen molar-refractivity contribution in [3.8, 4) is 5.75 Å². The molecule has 0 amide bonds. The lowest BCUT2D eigenvalue weighted by Crippen LogP contribution is -2.16. The van der Waals surface area contributed by atoms with Gasteiger partial charge in [0.25, 0.3) is 0 Å². The summed E-state index contributed by atoms with van der Waals surface area (Å²) in [4.78, 5) is 4.42. The molecule has 0 radical (unpaired) electrons. The first kappa shape index (κ1) is 13.1. The summed E-state index contributed by atoms with van der Waals surface area (Å²) in [6.07, 6.45) is 5.35. The van der Waals surface area contributed by atoms with Crippen LogP contribution in [-0.2, 0) is 13.0 Å². The van der Waals surface area contributed by atoms with Crippen molar-refractivity contribution in [3.63, 3.8) is 0 Å². The van der Waals surface area contributed by atoms with Crippen molar-refractivity contribution >= 4 is 0 Å². The predicted octanol–water partition coefficient (Wildman–Crippen LogP) is 2.96. The predicted molar refractivity (Wildman–Crippen MR) is 79.7 cm³/mol. The summed E-state index contributed by atoms with van der Waals surface area (Å²) in [7, 11) is 0. The van der Waals surface area contributed by atoms with Crippen LogP contribution in [0.2, 0.25) is 0 Å². The molecule has 1 aromatic carbocycles. The van der Waals surface area contributed by atoms with Gasteiger partial charge < -0.3 is 10.1 Å². The maximum absolute atomic E-state index is 5.72. The van der Waals surface area contributed by atoms with Crippen molar-refractivity contribution in [2.75, 3.05) is 6.61 Å². The standard InChI is InChI=1S/C17H20N2O/c1-2-4-14(5-3-1)10-11-20-17-9-8-16(19-13-17)12-18-15-6-7-15/h1-5,8-9,13,15,18H,6-7,10-12H2. The highest BCUT2D eigenvalue weighted by Crippen LogP contribution is 2.19. The molecule has 1 saturated carbocycles. The number of hydrogen-bond donors (Lipinski definition) is 1. The summed E-state index contributed by atoms with van der Waals surface area (Å²) >= 11 is 0. The smallest absolute Gasteiger partial charge is 0.137 e. The van der Waals surface area contributed by atoms with E-state index in [1.165, 1.54) is 18.4 Å². The zero-order chi connectivity index (χ0) is 13.6. The Bertz CT molecular complexity index is 520. The van der Waals surface area contributed by atoms with E-state index in [-0.39, 0.29) is 0 Å². The number of nitrogens with one attached hydrogen (secondary N) is 1. The van der Waals surface area contributed by atoms with Crippen LogP contribution in [0.3, 0.4) is 0 Å². The van der Waals surface area contributed by atoms with Crippen LogP contribution < -0.4 is 10.1 Å². The zero-order valence-corrected chi connectivity index (χ0v) is 11.6. The second kappa shape index (κ2) is 6.53. The van der Waals surface area contributed by atoms with E-state index in [1.54, 1.807) is 0 Å². The summed E-state index contributed by atoms with van der Waals surface area (Å²) in [5, 5.41) is 3.45. The van der Waals surface area contributed by atoms with Crippen LogP contribution in [0.5, 0.6) is 5.75 Å². The van der Waals surface area contributed by atoms with Crippen LogP contribution in [-0.4, -0.2) is 17.6 Å². The Labute approximate surface area is 120 Å². The van der Waals surface area contributed by atoms with Crippen molar-refractivity contribution in [2.24, 2.45) is 0 Å². The minimum absolute atomic E-state index is 0.686. The quantitative estimate of drug-likeness (QED) is 0.838. The Hall–Kier alpha value is -1.87. The average Bonchev–Trinajstić information content (AvgIpc) is 3.32. The van der Waals surface area contributed by atoms with Crippen LogP contribution >= 0.6 is 0 Å². The third-order valence-corrected chi connectivity index (χ3v) is 3.45. The fourth-order valence-corrected chi connectivity index (χ4v) is 2.07. The van der Waals surface area contributed by atoms with Gasteiger partial charge in [-0.25, -0.2) is 0 Å². The van der Waals surface area contributed by atoms with Crippen molar-refractivity contribution in [2.45, 2.75) is 31.8 Å². The topological polar surface area (TPSA) is 34.1 Å². The molecule has 104 valence electrons. The van der Waals surface area contributed by atoms with Gasteiger partial charge in [0, 0.05) is 19.0 Å². The molecule has 1 aliphatic rings. The molecule has 1 N–H and O–H groups in total. The summed E-state index contributed by atoms with van der Waals surface area (Å²) in [6.45, 7) is 1.54. The minimum Gasteiger partial charge on any atom is -0.492 e. The van der Waals surface area contributed by atoms with Gasteiger partial charge in [-0.05, 0) is 30.5 Å². The minimum atomic E-state index is 0.686. The van der Waals surface area contributed by atoms with Gasteiger partial charge in [0.05, 0.1) is 18.5 Å². The molecule has 1 fully saturated rings. The molecular formula is C17H20N2O. The Kier molecular flexibility index (Phi) is 4.28. The fraction of sp³-hybridized carbons (Fsp3) is 0.353. The van der Waals surface area contributed by atoms with Gasteiger partial charge in [-0.3, -0.25) is 4.98 Å². The van der Waals surface area contributed by atoms with Gasteiger partial charge in [0.15, 0.2) is 0 Å². The fourth-order valence-electron chi connectivity index (χ4n) is 2.07. The highest BCUT2D eigenvalue weighted by Gasteiger charge is 2.19. The SMILES string of the molecule is c1ccc(CCOc2ccc(CNC3CC3)nc2)cc1. The van der Waals surface area contributed by atoms with Crippen LogP contribution in [0, 0.1) is 0 Å². The van der Waals surface area contributed by atoms with Crippen molar-refractivity contribution in [3.05, 3.63) is 59.9 Å². The molecule has 0 aliphatic heterocycles. The largest absolute Gasteiger partial charge is 0.492 e. The maximum Gasteiger partial charge on any atom is 0.137 e. The number of pyridine rings is 1. The molecule has 0 unspecified atom stereocenters. The molecule has 0 bridgehead atoms. The van der Waals surface area contributed by atoms with E-state index in [2.05, 4.69) is 34.6 Å². The van der Waals surface area contributed by atoms with Crippen LogP contribution in [0.25, 0.3) is 0 Å². The van der Waals surface area contributed by atoms with E-state index in [9.17, 15) is 0 Å². The van der Waals surface area contributed by atoms with Crippen LogP contribution in [0.1, 0.15) is 24.1 Å². The Morgan fingerprint density at radius 2 is 1.95 bits per heavy atom. The van der Waals surface area contributed by atoms with E-state index in [1.807, 2.05) is 24.4 Å². The average molecular weight is 268 g/mol. The monoisotopic (exact) mass is 268 g/mol. The van der Waals surface area contributed by atoms with Gasteiger partial charge in [-0.2, -0.15) is 0 Å². The summed E-state index contributed by atoms with van der Waals surface area (Å²) in [5.41, 5.74) is 2.37. The summed E-state index contributed by atoms with van der Waals surface area (Å²) in [6, 6.07) is 15.1. The van der Waals surface area contributed by atoms with E-state index < -0.39 is 0 Å². The highest BCUT2D eigenvalue weighted by molar-refractivity contribution is 5.20. The molecule has 3 heteroatoms. The lowest BCUT2D eigenvalue weighted by molar-refractivity contribution is 0.320. The Morgan fingerprint density at radius 3 is 2.65 bits per heavy atom. The van der Waals surface area contributed by atoms with Gasteiger partial charge in [-0.15, -0.1) is 0 Å². The summed E-state index contributed by atoms with van der Waals surface area (Å²) < 4.78 is 5.72. The van der Waals surface area contributed by atoms with Crippen LogP contribution in [0.4, 0.5) is 0 Å². The van der Waals surface area contributed by atoms with Crippen LogP contribution in [0.15, 0.2) is 48.7 Å². The summed E-state index contributed by atoms with van der Waals surface area (Å²) in [5.74, 6) is 0.844. The molecule has 0 spiro atoms. The second-order valence-electron chi connectivity index (χ2n) is 5.22. The lowest BCUT2D eigenvalue weighted by Gasteiger charge is -2.07. The third kappa shape index (κ3) is 4.07. The molecular weight excluding hydrogens is 248 g/mol. The van der Waals surface area contributed by atoms with E-state index in [0.717, 1.165) is 30.5 Å². The second-order valence-corrected chi connectivity index (χ2v) is 5.22.